The number of aromatic nitrogens is 3. The van der Waals surface area contributed by atoms with E-state index in [1.54, 1.807) is 34.9 Å². The summed E-state index contributed by atoms with van der Waals surface area (Å²) in [6, 6.07) is 14.1. The summed E-state index contributed by atoms with van der Waals surface area (Å²) >= 11 is 6.03. The maximum absolute atomic E-state index is 12.7. The summed E-state index contributed by atoms with van der Waals surface area (Å²) in [5.41, 5.74) is 2.10. The van der Waals surface area contributed by atoms with E-state index in [0.717, 1.165) is 16.5 Å². The Bertz CT molecular complexity index is 1140. The van der Waals surface area contributed by atoms with E-state index in [2.05, 4.69) is 9.97 Å². The van der Waals surface area contributed by atoms with Gasteiger partial charge >= 0.3 is 0 Å². The van der Waals surface area contributed by atoms with Crippen LogP contribution in [0.5, 0.6) is 5.75 Å². The Morgan fingerprint density at radius 2 is 1.88 bits per heavy atom. The maximum atomic E-state index is 12.7. The van der Waals surface area contributed by atoms with E-state index in [-0.39, 0.29) is 11.3 Å². The van der Waals surface area contributed by atoms with E-state index < -0.39 is 0 Å². The van der Waals surface area contributed by atoms with E-state index in [9.17, 15) is 9.90 Å². The first-order valence-electron chi connectivity index (χ1n) is 7.83. The van der Waals surface area contributed by atoms with Crippen LogP contribution in [-0.2, 0) is 13.0 Å². The zero-order valence-corrected chi connectivity index (χ0v) is 13.9. The molecule has 0 atom stereocenters. The summed E-state index contributed by atoms with van der Waals surface area (Å²) in [5.74, 6) is 0.227. The van der Waals surface area contributed by atoms with Crippen molar-refractivity contribution in [3.05, 3.63) is 75.8 Å². The highest BCUT2D eigenvalue weighted by molar-refractivity contribution is 6.31. The maximum Gasteiger partial charge on any atom is 0.262 e. The number of fused-ring (bicyclic) bond motifs is 2. The van der Waals surface area contributed by atoms with Gasteiger partial charge in [0.2, 0.25) is 0 Å². The van der Waals surface area contributed by atoms with Gasteiger partial charge in [-0.15, -0.1) is 0 Å². The molecule has 0 saturated heterocycles. The average Bonchev–Trinajstić information content (AvgIpc) is 2.61. The lowest BCUT2D eigenvalue weighted by molar-refractivity contribution is 0.475. The Morgan fingerprint density at radius 3 is 2.68 bits per heavy atom. The molecule has 124 valence electrons. The van der Waals surface area contributed by atoms with Crippen LogP contribution in [-0.4, -0.2) is 19.6 Å². The fraction of sp³-hybridized carbons (Fsp3) is 0.105. The van der Waals surface area contributed by atoms with Crippen LogP contribution in [0.2, 0.25) is 5.02 Å². The van der Waals surface area contributed by atoms with Crippen molar-refractivity contribution in [2.75, 3.05) is 0 Å². The monoisotopic (exact) mass is 351 g/mol. The summed E-state index contributed by atoms with van der Waals surface area (Å²) in [5, 5.41) is 11.2. The second kappa shape index (κ2) is 6.18. The van der Waals surface area contributed by atoms with Crippen molar-refractivity contribution in [3.8, 4) is 5.75 Å². The molecule has 0 aliphatic heterocycles. The number of phenolic OH excluding ortho intramolecular Hbond substituents is 1. The largest absolute Gasteiger partial charge is 0.508 e. The van der Waals surface area contributed by atoms with Crippen molar-refractivity contribution >= 4 is 33.5 Å². The number of aryl methyl sites for hydroxylation is 2. The number of nitrogens with zero attached hydrogens (tertiary/aromatic N) is 3. The topological polar surface area (TPSA) is 68.0 Å². The van der Waals surface area contributed by atoms with Crippen LogP contribution < -0.4 is 5.56 Å². The molecule has 4 aromatic rings. The molecule has 5 nitrogen and oxygen atoms in total. The number of halogens is 1. The number of rotatable bonds is 3. The first-order chi connectivity index (χ1) is 12.1. The first kappa shape index (κ1) is 15.6. The fourth-order valence-corrected chi connectivity index (χ4v) is 2.98. The standard InChI is InChI=1S/C19H14ClN3O2/c20-14-3-6-17-13(9-14)10-16-18(22-17)21-11-23(19(16)25)8-7-12-1-4-15(24)5-2-12/h1-6,9-11,24H,7-8H2. The summed E-state index contributed by atoms with van der Waals surface area (Å²) in [7, 11) is 0. The summed E-state index contributed by atoms with van der Waals surface area (Å²) < 4.78 is 1.58. The number of aromatic hydroxyl groups is 1. The van der Waals surface area contributed by atoms with Gasteiger partial charge in [0, 0.05) is 17.0 Å². The molecule has 0 aliphatic carbocycles. The van der Waals surface area contributed by atoms with Crippen molar-refractivity contribution in [1.82, 2.24) is 14.5 Å². The average molecular weight is 352 g/mol. The number of hydrogen-bond acceptors (Lipinski definition) is 4. The second-order valence-corrected chi connectivity index (χ2v) is 6.29. The van der Waals surface area contributed by atoms with Gasteiger partial charge in [-0.1, -0.05) is 23.7 Å². The lowest BCUT2D eigenvalue weighted by Crippen LogP contribution is -2.22. The van der Waals surface area contributed by atoms with E-state index in [4.69, 9.17) is 11.6 Å². The van der Waals surface area contributed by atoms with E-state index in [1.807, 2.05) is 18.2 Å². The molecule has 0 radical (unpaired) electrons. The van der Waals surface area contributed by atoms with E-state index in [0.29, 0.717) is 29.0 Å². The highest BCUT2D eigenvalue weighted by Crippen LogP contribution is 2.20. The minimum absolute atomic E-state index is 0.127. The third-order valence-electron chi connectivity index (χ3n) is 4.15. The molecule has 2 aromatic heterocycles. The van der Waals surface area contributed by atoms with Gasteiger partial charge in [-0.25, -0.2) is 9.97 Å². The van der Waals surface area contributed by atoms with Gasteiger partial charge in [0.15, 0.2) is 5.65 Å². The highest BCUT2D eigenvalue weighted by Gasteiger charge is 2.08. The Morgan fingerprint density at radius 1 is 1.08 bits per heavy atom. The zero-order valence-electron chi connectivity index (χ0n) is 13.2. The third-order valence-corrected chi connectivity index (χ3v) is 4.38. The van der Waals surface area contributed by atoms with Crippen LogP contribution in [0.1, 0.15) is 5.56 Å². The highest BCUT2D eigenvalue weighted by atomic mass is 35.5. The molecule has 0 bridgehead atoms. The smallest absolute Gasteiger partial charge is 0.262 e. The minimum atomic E-state index is -0.127. The van der Waals surface area contributed by atoms with Gasteiger partial charge in [0.25, 0.3) is 5.56 Å². The van der Waals surface area contributed by atoms with Crippen LogP contribution >= 0.6 is 11.6 Å². The zero-order chi connectivity index (χ0) is 17.4. The summed E-state index contributed by atoms with van der Waals surface area (Å²) in [4.78, 5) is 21.5. The number of pyridine rings is 1. The molecular formula is C19H14ClN3O2. The Balaban J connectivity index is 1.72. The van der Waals surface area contributed by atoms with Crippen LogP contribution in [0, 0.1) is 0 Å². The summed E-state index contributed by atoms with van der Waals surface area (Å²) in [6.45, 7) is 0.500. The molecule has 1 N–H and O–H groups in total. The predicted molar refractivity (Wildman–Crippen MR) is 98.1 cm³/mol. The second-order valence-electron chi connectivity index (χ2n) is 5.86. The molecular weight excluding hydrogens is 338 g/mol. The van der Waals surface area contributed by atoms with Crippen molar-refractivity contribution in [2.45, 2.75) is 13.0 Å². The van der Waals surface area contributed by atoms with Crippen molar-refractivity contribution in [2.24, 2.45) is 0 Å². The molecule has 0 fully saturated rings. The first-order valence-corrected chi connectivity index (χ1v) is 8.21. The molecule has 0 amide bonds. The molecule has 6 heteroatoms. The number of benzene rings is 2. The predicted octanol–water partition coefficient (Wildman–Crippen LogP) is 3.55. The van der Waals surface area contributed by atoms with Crippen molar-refractivity contribution in [1.29, 1.82) is 0 Å². The van der Waals surface area contributed by atoms with Gasteiger partial charge in [0.05, 0.1) is 17.2 Å². The molecule has 25 heavy (non-hydrogen) atoms. The Labute approximate surface area is 148 Å². The lowest BCUT2D eigenvalue weighted by Gasteiger charge is -2.07. The van der Waals surface area contributed by atoms with Crippen LogP contribution in [0.15, 0.2) is 59.7 Å². The molecule has 0 aliphatic rings. The minimum Gasteiger partial charge on any atom is -0.508 e. The van der Waals surface area contributed by atoms with Crippen LogP contribution in [0.3, 0.4) is 0 Å². The molecule has 0 spiro atoms. The third kappa shape index (κ3) is 3.06. The van der Waals surface area contributed by atoms with Gasteiger partial charge in [-0.2, -0.15) is 0 Å². The number of phenols is 1. The van der Waals surface area contributed by atoms with E-state index in [1.165, 1.54) is 6.33 Å². The molecule has 2 aromatic carbocycles. The normalized spacial score (nSPS) is 11.2. The van der Waals surface area contributed by atoms with Gasteiger partial charge < -0.3 is 5.11 Å². The van der Waals surface area contributed by atoms with Crippen LogP contribution in [0.25, 0.3) is 21.9 Å². The quantitative estimate of drug-likeness (QED) is 0.573. The Hall–Kier alpha value is -2.92. The van der Waals surface area contributed by atoms with Gasteiger partial charge in [-0.05, 0) is 48.4 Å². The SMILES string of the molecule is O=c1c2cc3cc(Cl)ccc3nc2ncn1CCc1ccc(O)cc1. The molecule has 4 rings (SSSR count). The van der Waals surface area contributed by atoms with Crippen LogP contribution in [0.4, 0.5) is 0 Å². The van der Waals surface area contributed by atoms with Gasteiger partial charge in [-0.3, -0.25) is 9.36 Å². The Kier molecular flexibility index (Phi) is 3.86. The number of hydrogen-bond donors (Lipinski definition) is 1. The molecule has 2 heterocycles. The summed E-state index contributed by atoms with van der Waals surface area (Å²) in [6.07, 6.45) is 2.19. The molecule has 0 saturated carbocycles. The van der Waals surface area contributed by atoms with Gasteiger partial charge in [0.1, 0.15) is 5.75 Å². The lowest BCUT2D eigenvalue weighted by atomic mass is 10.1. The fourth-order valence-electron chi connectivity index (χ4n) is 2.80. The van der Waals surface area contributed by atoms with Crippen molar-refractivity contribution < 1.29 is 5.11 Å². The van der Waals surface area contributed by atoms with Crippen molar-refractivity contribution in [3.63, 3.8) is 0 Å². The van der Waals surface area contributed by atoms with E-state index >= 15 is 0 Å². The molecule has 0 unspecified atom stereocenters.